The maximum Gasteiger partial charge on any atom is 0.256 e. The molecule has 0 fully saturated rings. The number of amides is 1. The van der Waals surface area contributed by atoms with Gasteiger partial charge in [0.05, 0.1) is 18.4 Å². The van der Waals surface area contributed by atoms with Gasteiger partial charge in [-0.15, -0.1) is 0 Å². The SMILES string of the molecule is COc1ccc(C(=O)N2CCc3c(-c4ccccc4)nn(C)c3CC2)c(F)c1. The van der Waals surface area contributed by atoms with Crippen LogP contribution in [0.2, 0.25) is 0 Å². The lowest BCUT2D eigenvalue weighted by Crippen LogP contribution is -2.34. The number of aryl methyl sites for hydroxylation is 1. The summed E-state index contributed by atoms with van der Waals surface area (Å²) in [5.74, 6) is -0.448. The number of aromatic nitrogens is 2. The van der Waals surface area contributed by atoms with E-state index in [1.54, 1.807) is 11.0 Å². The first-order valence-corrected chi connectivity index (χ1v) is 9.31. The predicted molar refractivity (Wildman–Crippen MR) is 105 cm³/mol. The second kappa shape index (κ2) is 7.46. The molecule has 4 rings (SSSR count). The number of carbonyl (C=O) groups excluding carboxylic acids is 1. The molecule has 144 valence electrons. The summed E-state index contributed by atoms with van der Waals surface area (Å²) >= 11 is 0. The molecule has 0 unspecified atom stereocenters. The molecule has 3 aromatic rings. The van der Waals surface area contributed by atoms with Crippen LogP contribution in [0.15, 0.2) is 48.5 Å². The van der Waals surface area contributed by atoms with Crippen molar-refractivity contribution in [1.82, 2.24) is 14.7 Å². The van der Waals surface area contributed by atoms with Crippen LogP contribution in [0.4, 0.5) is 4.39 Å². The van der Waals surface area contributed by atoms with Crippen LogP contribution >= 0.6 is 0 Å². The third-order valence-corrected chi connectivity index (χ3v) is 5.27. The summed E-state index contributed by atoms with van der Waals surface area (Å²) in [6.07, 6.45) is 1.38. The van der Waals surface area contributed by atoms with Gasteiger partial charge in [0.25, 0.3) is 5.91 Å². The average molecular weight is 379 g/mol. The van der Waals surface area contributed by atoms with Gasteiger partial charge in [-0.2, -0.15) is 5.10 Å². The fraction of sp³-hybridized carbons (Fsp3) is 0.273. The van der Waals surface area contributed by atoms with E-state index in [1.807, 2.05) is 42.1 Å². The molecule has 0 saturated heterocycles. The molecule has 28 heavy (non-hydrogen) atoms. The van der Waals surface area contributed by atoms with Gasteiger partial charge in [0.15, 0.2) is 0 Å². The van der Waals surface area contributed by atoms with Gasteiger partial charge in [0.1, 0.15) is 11.6 Å². The molecule has 0 spiro atoms. The van der Waals surface area contributed by atoms with E-state index < -0.39 is 5.82 Å². The minimum Gasteiger partial charge on any atom is -0.497 e. The van der Waals surface area contributed by atoms with Crippen molar-refractivity contribution in [2.45, 2.75) is 12.8 Å². The van der Waals surface area contributed by atoms with Crippen LogP contribution in [0.5, 0.6) is 5.75 Å². The van der Waals surface area contributed by atoms with Gasteiger partial charge >= 0.3 is 0 Å². The van der Waals surface area contributed by atoms with Gasteiger partial charge in [0.2, 0.25) is 0 Å². The van der Waals surface area contributed by atoms with Crippen molar-refractivity contribution < 1.29 is 13.9 Å². The van der Waals surface area contributed by atoms with Crippen LogP contribution in [-0.4, -0.2) is 40.8 Å². The summed E-state index contributed by atoms with van der Waals surface area (Å²) in [5, 5.41) is 4.70. The van der Waals surface area contributed by atoms with Crippen molar-refractivity contribution >= 4 is 5.91 Å². The largest absolute Gasteiger partial charge is 0.497 e. The van der Waals surface area contributed by atoms with E-state index in [0.717, 1.165) is 17.0 Å². The van der Waals surface area contributed by atoms with E-state index >= 15 is 0 Å². The van der Waals surface area contributed by atoms with Crippen LogP contribution in [0, 0.1) is 5.82 Å². The summed E-state index contributed by atoms with van der Waals surface area (Å²) in [5.41, 5.74) is 4.40. The first kappa shape index (κ1) is 18.2. The Labute approximate surface area is 163 Å². The Morgan fingerprint density at radius 3 is 2.57 bits per heavy atom. The van der Waals surface area contributed by atoms with Gasteiger partial charge in [-0.25, -0.2) is 4.39 Å². The number of halogens is 1. The van der Waals surface area contributed by atoms with Crippen LogP contribution in [0.3, 0.4) is 0 Å². The van der Waals surface area contributed by atoms with E-state index in [9.17, 15) is 9.18 Å². The van der Waals surface area contributed by atoms with Crippen molar-refractivity contribution in [1.29, 1.82) is 0 Å². The summed E-state index contributed by atoms with van der Waals surface area (Å²) in [6, 6.07) is 14.4. The highest BCUT2D eigenvalue weighted by atomic mass is 19.1. The molecular formula is C22H22FN3O2. The fourth-order valence-corrected chi connectivity index (χ4v) is 3.78. The van der Waals surface area contributed by atoms with Crippen molar-refractivity contribution in [3.8, 4) is 17.0 Å². The Hall–Kier alpha value is -3.15. The van der Waals surface area contributed by atoms with Gasteiger partial charge < -0.3 is 9.64 Å². The molecule has 0 radical (unpaired) electrons. The van der Waals surface area contributed by atoms with Crippen LogP contribution in [-0.2, 0) is 19.9 Å². The molecule has 0 aliphatic carbocycles. The molecular weight excluding hydrogens is 357 g/mol. The van der Waals surface area contributed by atoms with Crippen LogP contribution < -0.4 is 4.74 Å². The topological polar surface area (TPSA) is 47.4 Å². The first-order valence-electron chi connectivity index (χ1n) is 9.31. The molecule has 0 N–H and O–H groups in total. The Kier molecular flexibility index (Phi) is 4.86. The second-order valence-electron chi connectivity index (χ2n) is 6.90. The summed E-state index contributed by atoms with van der Waals surface area (Å²) in [7, 11) is 3.41. The minimum absolute atomic E-state index is 0.0770. The lowest BCUT2D eigenvalue weighted by molar-refractivity contribution is 0.0757. The van der Waals surface area contributed by atoms with E-state index in [0.29, 0.717) is 31.7 Å². The molecule has 1 aliphatic heterocycles. The molecule has 1 aromatic heterocycles. The number of ether oxygens (including phenoxy) is 1. The van der Waals surface area contributed by atoms with Crippen molar-refractivity contribution in [3.63, 3.8) is 0 Å². The smallest absolute Gasteiger partial charge is 0.256 e. The van der Waals surface area contributed by atoms with Crippen molar-refractivity contribution in [2.24, 2.45) is 7.05 Å². The molecule has 1 aliphatic rings. The molecule has 0 saturated carbocycles. The van der Waals surface area contributed by atoms with Crippen molar-refractivity contribution in [2.75, 3.05) is 20.2 Å². The van der Waals surface area contributed by atoms with E-state index in [1.165, 1.54) is 24.8 Å². The standard InChI is InChI=1S/C22H22FN3O2/c1-25-20-11-13-26(22(27)17-9-8-16(28-2)14-19(17)23)12-10-18(20)21(24-25)15-6-4-3-5-7-15/h3-9,14H,10-13H2,1-2H3. The molecule has 2 aromatic carbocycles. The van der Waals surface area contributed by atoms with Gasteiger partial charge in [-0.1, -0.05) is 30.3 Å². The normalized spacial score (nSPS) is 13.8. The Balaban J connectivity index is 1.59. The lowest BCUT2D eigenvalue weighted by Gasteiger charge is -2.21. The number of hydrogen-bond acceptors (Lipinski definition) is 3. The number of benzene rings is 2. The summed E-state index contributed by atoms with van der Waals surface area (Å²) in [6.45, 7) is 1.06. The number of nitrogens with zero attached hydrogens (tertiary/aromatic N) is 3. The maximum absolute atomic E-state index is 14.4. The Bertz CT molecular complexity index is 1010. The average Bonchev–Trinajstić information content (AvgIpc) is 2.89. The quantitative estimate of drug-likeness (QED) is 0.700. The molecule has 2 heterocycles. The second-order valence-corrected chi connectivity index (χ2v) is 6.90. The van der Waals surface area contributed by atoms with Gasteiger partial charge in [0, 0.05) is 49.4 Å². The highest BCUT2D eigenvalue weighted by Gasteiger charge is 2.26. The highest BCUT2D eigenvalue weighted by Crippen LogP contribution is 2.28. The molecule has 0 bridgehead atoms. The van der Waals surface area contributed by atoms with E-state index in [4.69, 9.17) is 9.84 Å². The zero-order valence-corrected chi connectivity index (χ0v) is 16.0. The van der Waals surface area contributed by atoms with Crippen molar-refractivity contribution in [3.05, 3.63) is 71.2 Å². The maximum atomic E-state index is 14.4. The number of methoxy groups -OCH3 is 1. The number of fused-ring (bicyclic) bond motifs is 1. The Morgan fingerprint density at radius 2 is 1.86 bits per heavy atom. The number of carbonyl (C=O) groups is 1. The zero-order chi connectivity index (χ0) is 19.7. The monoisotopic (exact) mass is 379 g/mol. The summed E-state index contributed by atoms with van der Waals surface area (Å²) in [4.78, 5) is 14.6. The molecule has 5 nitrogen and oxygen atoms in total. The van der Waals surface area contributed by atoms with E-state index in [2.05, 4.69) is 0 Å². The molecule has 6 heteroatoms. The minimum atomic E-state index is -0.558. The number of hydrogen-bond donors (Lipinski definition) is 0. The first-order chi connectivity index (χ1) is 13.6. The Morgan fingerprint density at radius 1 is 1.11 bits per heavy atom. The summed E-state index contributed by atoms with van der Waals surface area (Å²) < 4.78 is 21.3. The number of rotatable bonds is 3. The van der Waals surface area contributed by atoms with Gasteiger partial charge in [-0.3, -0.25) is 9.48 Å². The van der Waals surface area contributed by atoms with Crippen LogP contribution in [0.25, 0.3) is 11.3 Å². The fourth-order valence-electron chi connectivity index (χ4n) is 3.78. The van der Waals surface area contributed by atoms with Crippen LogP contribution in [0.1, 0.15) is 21.6 Å². The zero-order valence-electron chi connectivity index (χ0n) is 16.0. The molecule has 1 amide bonds. The third-order valence-electron chi connectivity index (χ3n) is 5.27. The highest BCUT2D eigenvalue weighted by molar-refractivity contribution is 5.94. The lowest BCUT2D eigenvalue weighted by atomic mass is 10.0. The van der Waals surface area contributed by atoms with E-state index in [-0.39, 0.29) is 11.5 Å². The van der Waals surface area contributed by atoms with Gasteiger partial charge in [-0.05, 0) is 18.6 Å². The molecule has 0 atom stereocenters. The third kappa shape index (κ3) is 3.26. The predicted octanol–water partition coefficient (Wildman–Crippen LogP) is 3.48.